The topological polar surface area (TPSA) is 73.8 Å². The second-order valence-electron chi connectivity index (χ2n) is 5.54. The minimum absolute atomic E-state index is 0.0492. The molecule has 0 saturated heterocycles. The number of ketones is 1. The molecule has 0 aliphatic heterocycles. The van der Waals surface area contributed by atoms with Crippen molar-refractivity contribution >= 4 is 17.5 Å². The van der Waals surface area contributed by atoms with Crippen LogP contribution < -0.4 is 5.84 Å². The molecule has 0 fully saturated rings. The fraction of sp³-hybridized carbons (Fsp3) is 0.167. The first-order valence-electron chi connectivity index (χ1n) is 7.93. The molecule has 26 heavy (non-hydrogen) atoms. The van der Waals surface area contributed by atoms with Gasteiger partial charge in [0.1, 0.15) is 11.6 Å². The molecule has 0 aliphatic rings. The minimum atomic E-state index is -0.423. The van der Waals surface area contributed by atoms with Crippen molar-refractivity contribution in [3.63, 3.8) is 0 Å². The zero-order valence-corrected chi connectivity index (χ0v) is 14.5. The van der Waals surface area contributed by atoms with Gasteiger partial charge in [-0.3, -0.25) is 4.79 Å². The zero-order chi connectivity index (χ0) is 18.5. The maximum Gasteiger partial charge on any atom is 0.210 e. The van der Waals surface area contributed by atoms with Crippen LogP contribution in [0.5, 0.6) is 0 Å². The minimum Gasteiger partial charge on any atom is -0.335 e. The van der Waals surface area contributed by atoms with Gasteiger partial charge >= 0.3 is 0 Å². The zero-order valence-electron chi connectivity index (χ0n) is 13.7. The van der Waals surface area contributed by atoms with Gasteiger partial charge in [-0.05, 0) is 42.8 Å². The van der Waals surface area contributed by atoms with Gasteiger partial charge < -0.3 is 5.84 Å². The number of benzene rings is 2. The van der Waals surface area contributed by atoms with Crippen LogP contribution in [-0.2, 0) is 0 Å². The molecule has 0 radical (unpaired) electrons. The standard InChI is InChI=1S/C18H16F2N4OS/c19-13-9-7-12(8-10-13)16(25)6-3-11-26-18-23-22-17(24(18)21)14-4-1-2-5-15(14)20/h1-2,4-5,7-10H,3,6,11,21H2. The van der Waals surface area contributed by atoms with Crippen molar-refractivity contribution in [2.75, 3.05) is 11.6 Å². The number of carbonyl (C=O) groups is 1. The third kappa shape index (κ3) is 4.08. The van der Waals surface area contributed by atoms with Gasteiger partial charge in [-0.15, -0.1) is 10.2 Å². The van der Waals surface area contributed by atoms with Crippen LogP contribution in [0.4, 0.5) is 8.78 Å². The number of hydrogen-bond acceptors (Lipinski definition) is 5. The molecule has 0 spiro atoms. The number of nitrogens with zero attached hydrogens (tertiary/aromatic N) is 3. The lowest BCUT2D eigenvalue weighted by molar-refractivity contribution is 0.0982. The second kappa shape index (κ2) is 8.09. The van der Waals surface area contributed by atoms with E-state index in [-0.39, 0.29) is 23.0 Å². The van der Waals surface area contributed by atoms with Gasteiger partial charge in [0.2, 0.25) is 5.16 Å². The molecule has 3 aromatic rings. The smallest absolute Gasteiger partial charge is 0.210 e. The molecule has 0 amide bonds. The summed E-state index contributed by atoms with van der Waals surface area (Å²) in [4.78, 5) is 12.0. The summed E-state index contributed by atoms with van der Waals surface area (Å²) < 4.78 is 27.9. The molecular formula is C18H16F2N4OS. The van der Waals surface area contributed by atoms with E-state index >= 15 is 0 Å². The highest BCUT2D eigenvalue weighted by molar-refractivity contribution is 7.99. The number of hydrogen-bond donors (Lipinski definition) is 1. The molecule has 0 unspecified atom stereocenters. The summed E-state index contributed by atoms with van der Waals surface area (Å²) in [5, 5.41) is 8.36. The van der Waals surface area contributed by atoms with E-state index in [4.69, 9.17) is 5.84 Å². The van der Waals surface area contributed by atoms with Crippen LogP contribution in [-0.4, -0.2) is 26.4 Å². The molecular weight excluding hydrogens is 358 g/mol. The molecule has 0 atom stereocenters. The predicted molar refractivity (Wildman–Crippen MR) is 96.3 cm³/mol. The van der Waals surface area contributed by atoms with Crippen LogP contribution in [0.2, 0.25) is 0 Å². The number of Topliss-reactive ketones (excluding diaryl/α,β-unsaturated/α-hetero) is 1. The van der Waals surface area contributed by atoms with Crippen LogP contribution >= 0.6 is 11.8 Å². The molecule has 8 heteroatoms. The molecule has 1 heterocycles. The van der Waals surface area contributed by atoms with E-state index in [1.54, 1.807) is 18.2 Å². The second-order valence-corrected chi connectivity index (χ2v) is 6.60. The molecule has 134 valence electrons. The Balaban J connectivity index is 1.55. The van der Waals surface area contributed by atoms with Crippen molar-refractivity contribution < 1.29 is 13.6 Å². The van der Waals surface area contributed by atoms with Crippen LogP contribution in [0.3, 0.4) is 0 Å². The van der Waals surface area contributed by atoms with Crippen LogP contribution in [0.1, 0.15) is 23.2 Å². The first kappa shape index (κ1) is 18.1. The Morgan fingerprint density at radius 3 is 2.54 bits per heavy atom. The molecule has 0 aliphatic carbocycles. The van der Waals surface area contributed by atoms with Crippen molar-refractivity contribution in [2.24, 2.45) is 0 Å². The van der Waals surface area contributed by atoms with Crippen molar-refractivity contribution in [3.05, 3.63) is 65.7 Å². The van der Waals surface area contributed by atoms with E-state index in [1.807, 2.05) is 0 Å². The van der Waals surface area contributed by atoms with Crippen LogP contribution in [0, 0.1) is 11.6 Å². The number of nitrogens with two attached hydrogens (primary N) is 1. The van der Waals surface area contributed by atoms with Gasteiger partial charge in [0, 0.05) is 17.7 Å². The fourth-order valence-corrected chi connectivity index (χ4v) is 3.17. The van der Waals surface area contributed by atoms with Crippen molar-refractivity contribution in [2.45, 2.75) is 18.0 Å². The summed E-state index contributed by atoms with van der Waals surface area (Å²) >= 11 is 1.34. The Morgan fingerprint density at radius 1 is 1.08 bits per heavy atom. The normalized spacial score (nSPS) is 10.8. The predicted octanol–water partition coefficient (Wildman–Crippen LogP) is 3.69. The monoisotopic (exact) mass is 374 g/mol. The molecule has 2 N–H and O–H groups in total. The molecule has 1 aromatic heterocycles. The number of thioether (sulfide) groups is 1. The Morgan fingerprint density at radius 2 is 1.81 bits per heavy atom. The number of halogens is 2. The summed E-state index contributed by atoms with van der Waals surface area (Å²) in [6.07, 6.45) is 0.931. The molecule has 3 rings (SSSR count). The Bertz CT molecular complexity index is 912. The number of rotatable bonds is 7. The van der Waals surface area contributed by atoms with E-state index in [0.29, 0.717) is 29.3 Å². The van der Waals surface area contributed by atoms with Gasteiger partial charge in [0.25, 0.3) is 0 Å². The first-order valence-corrected chi connectivity index (χ1v) is 8.92. The molecule has 0 saturated carbocycles. The highest BCUT2D eigenvalue weighted by Crippen LogP contribution is 2.24. The maximum atomic E-state index is 13.8. The Kier molecular flexibility index (Phi) is 5.62. The Hall–Kier alpha value is -2.74. The van der Waals surface area contributed by atoms with Crippen LogP contribution in [0.25, 0.3) is 11.4 Å². The van der Waals surface area contributed by atoms with E-state index < -0.39 is 5.82 Å². The van der Waals surface area contributed by atoms with Crippen molar-refractivity contribution in [1.82, 2.24) is 14.9 Å². The molecule has 5 nitrogen and oxygen atoms in total. The van der Waals surface area contributed by atoms with E-state index in [9.17, 15) is 13.6 Å². The number of nitrogen functional groups attached to an aromatic ring is 1. The van der Waals surface area contributed by atoms with E-state index in [1.165, 1.54) is 46.8 Å². The summed E-state index contributed by atoms with van der Waals surface area (Å²) in [6, 6.07) is 11.7. The first-order chi connectivity index (χ1) is 12.6. The quantitative estimate of drug-likeness (QED) is 0.295. The largest absolute Gasteiger partial charge is 0.335 e. The van der Waals surface area contributed by atoms with Gasteiger partial charge in [-0.2, -0.15) is 0 Å². The summed E-state index contributed by atoms with van der Waals surface area (Å²) in [6.45, 7) is 0. The number of carbonyl (C=O) groups excluding carboxylic acids is 1. The van der Waals surface area contributed by atoms with Gasteiger partial charge in [0.05, 0.1) is 5.56 Å². The fourth-order valence-electron chi connectivity index (χ4n) is 2.38. The molecule has 2 aromatic carbocycles. The van der Waals surface area contributed by atoms with E-state index in [0.717, 1.165) is 0 Å². The lowest BCUT2D eigenvalue weighted by Crippen LogP contribution is -2.12. The summed E-state index contributed by atoms with van der Waals surface area (Å²) in [5.74, 6) is 5.95. The third-order valence-corrected chi connectivity index (χ3v) is 4.75. The average molecular weight is 374 g/mol. The average Bonchev–Trinajstić information content (AvgIpc) is 3.00. The lowest BCUT2D eigenvalue weighted by atomic mass is 10.1. The van der Waals surface area contributed by atoms with Gasteiger partial charge in [-0.25, -0.2) is 13.5 Å². The van der Waals surface area contributed by atoms with Gasteiger partial charge in [-0.1, -0.05) is 23.9 Å². The SMILES string of the molecule is Nn1c(SCCCC(=O)c2ccc(F)cc2)nnc1-c1ccccc1F. The summed E-state index contributed by atoms with van der Waals surface area (Å²) in [7, 11) is 0. The van der Waals surface area contributed by atoms with E-state index in [2.05, 4.69) is 10.2 Å². The third-order valence-electron chi connectivity index (χ3n) is 3.72. The number of aromatic nitrogens is 3. The Labute approximate surface area is 153 Å². The maximum absolute atomic E-state index is 13.8. The lowest BCUT2D eigenvalue weighted by Gasteiger charge is -2.04. The highest BCUT2D eigenvalue weighted by Gasteiger charge is 2.15. The van der Waals surface area contributed by atoms with Crippen molar-refractivity contribution in [1.29, 1.82) is 0 Å². The molecule has 0 bridgehead atoms. The summed E-state index contributed by atoms with van der Waals surface area (Å²) in [5.41, 5.74) is 0.765. The van der Waals surface area contributed by atoms with Gasteiger partial charge in [0.15, 0.2) is 11.6 Å². The van der Waals surface area contributed by atoms with Crippen LogP contribution in [0.15, 0.2) is 53.7 Å². The van der Waals surface area contributed by atoms with Crippen molar-refractivity contribution in [3.8, 4) is 11.4 Å². The highest BCUT2D eigenvalue weighted by atomic mass is 32.2.